The minimum Gasteiger partial charge on any atom is -0.492 e. The van der Waals surface area contributed by atoms with Crippen LogP contribution in [0.15, 0.2) is 30.5 Å². The first-order valence-electron chi connectivity index (χ1n) is 6.45. The first kappa shape index (κ1) is 15.6. The van der Waals surface area contributed by atoms with E-state index in [1.807, 2.05) is 24.3 Å². The third-order valence-electron chi connectivity index (χ3n) is 2.57. The number of benzene rings is 1. The van der Waals surface area contributed by atoms with Gasteiger partial charge in [0.25, 0.3) is 0 Å². The lowest BCUT2D eigenvalue weighted by atomic mass is 10.3. The zero-order valence-electron chi connectivity index (χ0n) is 11.6. The van der Waals surface area contributed by atoms with E-state index in [0.717, 1.165) is 16.3 Å². The number of ether oxygens (including phenoxy) is 1. The monoisotopic (exact) mass is 325 g/mol. The van der Waals surface area contributed by atoms with E-state index in [1.165, 1.54) is 18.3 Å². The highest BCUT2D eigenvalue weighted by atomic mass is 35.5. The number of aromatic nitrogens is 1. The van der Waals surface area contributed by atoms with E-state index < -0.39 is 0 Å². The van der Waals surface area contributed by atoms with Crippen LogP contribution >= 0.6 is 22.9 Å². The molecule has 0 fully saturated rings. The molecule has 1 heterocycles. The van der Waals surface area contributed by atoms with Crippen molar-refractivity contribution in [1.82, 2.24) is 10.3 Å². The Kier molecular flexibility index (Phi) is 5.83. The maximum Gasteiger partial charge on any atom is 0.216 e. The number of thiazole rings is 1. The number of hydrogen-bond acceptors (Lipinski definition) is 5. The SMILES string of the molecule is CC(=O)NCCOc1cccc(NCc2cnc(Cl)s2)c1. The Morgan fingerprint density at radius 2 is 2.33 bits per heavy atom. The van der Waals surface area contributed by atoms with Gasteiger partial charge in [-0.2, -0.15) is 0 Å². The van der Waals surface area contributed by atoms with Crippen molar-refractivity contribution < 1.29 is 9.53 Å². The van der Waals surface area contributed by atoms with E-state index in [4.69, 9.17) is 16.3 Å². The summed E-state index contributed by atoms with van der Waals surface area (Å²) in [6.07, 6.45) is 1.76. The molecule has 5 nitrogen and oxygen atoms in total. The van der Waals surface area contributed by atoms with Crippen LogP contribution in [0.25, 0.3) is 0 Å². The summed E-state index contributed by atoms with van der Waals surface area (Å²) in [7, 11) is 0. The Balaban J connectivity index is 1.81. The normalized spacial score (nSPS) is 10.2. The van der Waals surface area contributed by atoms with Gasteiger partial charge in [-0.3, -0.25) is 4.79 Å². The molecule has 21 heavy (non-hydrogen) atoms. The van der Waals surface area contributed by atoms with E-state index in [2.05, 4.69) is 15.6 Å². The van der Waals surface area contributed by atoms with Crippen molar-refractivity contribution in [3.8, 4) is 5.75 Å². The second kappa shape index (κ2) is 7.85. The van der Waals surface area contributed by atoms with Gasteiger partial charge >= 0.3 is 0 Å². The van der Waals surface area contributed by atoms with Gasteiger partial charge in [0.1, 0.15) is 12.4 Å². The van der Waals surface area contributed by atoms with Gasteiger partial charge in [-0.1, -0.05) is 17.7 Å². The number of rotatable bonds is 7. The first-order valence-corrected chi connectivity index (χ1v) is 7.64. The van der Waals surface area contributed by atoms with Gasteiger partial charge < -0.3 is 15.4 Å². The number of anilines is 1. The van der Waals surface area contributed by atoms with Crippen molar-refractivity contribution in [2.75, 3.05) is 18.5 Å². The van der Waals surface area contributed by atoms with Gasteiger partial charge in [0.05, 0.1) is 13.1 Å². The molecule has 1 amide bonds. The standard InChI is InChI=1S/C14H16ClN3O2S/c1-10(19)16-5-6-20-12-4-2-3-11(7-12)17-8-13-9-18-14(15)21-13/h2-4,7,9,17H,5-6,8H2,1H3,(H,16,19). The van der Waals surface area contributed by atoms with Crippen LogP contribution in [0.2, 0.25) is 4.47 Å². The van der Waals surface area contributed by atoms with Crippen LogP contribution in [0.5, 0.6) is 5.75 Å². The molecule has 1 aromatic heterocycles. The number of carbonyl (C=O) groups is 1. The van der Waals surface area contributed by atoms with Crippen molar-refractivity contribution >= 4 is 34.5 Å². The van der Waals surface area contributed by atoms with E-state index >= 15 is 0 Å². The predicted molar refractivity (Wildman–Crippen MR) is 85.1 cm³/mol. The Morgan fingerprint density at radius 3 is 3.05 bits per heavy atom. The molecular formula is C14H16ClN3O2S. The molecule has 0 radical (unpaired) electrons. The van der Waals surface area contributed by atoms with Crippen molar-refractivity contribution in [3.05, 3.63) is 39.8 Å². The van der Waals surface area contributed by atoms with Gasteiger partial charge in [-0.25, -0.2) is 4.98 Å². The molecule has 2 N–H and O–H groups in total. The summed E-state index contributed by atoms with van der Waals surface area (Å²) in [5, 5.41) is 5.97. The lowest BCUT2D eigenvalue weighted by molar-refractivity contribution is -0.119. The van der Waals surface area contributed by atoms with Crippen LogP contribution in [0.3, 0.4) is 0 Å². The fourth-order valence-electron chi connectivity index (χ4n) is 1.65. The van der Waals surface area contributed by atoms with Gasteiger partial charge in [-0.15, -0.1) is 11.3 Å². The number of halogens is 1. The largest absolute Gasteiger partial charge is 0.492 e. The molecule has 0 saturated heterocycles. The molecule has 2 aromatic rings. The minimum absolute atomic E-state index is 0.0581. The minimum atomic E-state index is -0.0581. The van der Waals surface area contributed by atoms with Crippen molar-refractivity contribution in [3.63, 3.8) is 0 Å². The second-order valence-electron chi connectivity index (χ2n) is 4.29. The van der Waals surface area contributed by atoms with E-state index in [9.17, 15) is 4.79 Å². The molecular weight excluding hydrogens is 310 g/mol. The molecule has 0 aliphatic heterocycles. The second-order valence-corrected chi connectivity index (χ2v) is 5.99. The average molecular weight is 326 g/mol. The summed E-state index contributed by atoms with van der Waals surface area (Å²) in [4.78, 5) is 15.8. The molecule has 0 unspecified atom stereocenters. The lowest BCUT2D eigenvalue weighted by Crippen LogP contribution is -2.25. The van der Waals surface area contributed by atoms with Crippen LogP contribution in [0.1, 0.15) is 11.8 Å². The van der Waals surface area contributed by atoms with Gasteiger partial charge in [0.15, 0.2) is 4.47 Å². The summed E-state index contributed by atoms with van der Waals surface area (Å²) in [6, 6.07) is 7.66. The van der Waals surface area contributed by atoms with Crippen molar-refractivity contribution in [1.29, 1.82) is 0 Å². The number of amides is 1. The van der Waals surface area contributed by atoms with Crippen LogP contribution in [-0.2, 0) is 11.3 Å². The summed E-state index contributed by atoms with van der Waals surface area (Å²) in [5.41, 5.74) is 0.955. The first-order chi connectivity index (χ1) is 10.1. The zero-order valence-corrected chi connectivity index (χ0v) is 13.1. The number of nitrogens with zero attached hydrogens (tertiary/aromatic N) is 1. The highest BCUT2D eigenvalue weighted by Gasteiger charge is 2.01. The smallest absolute Gasteiger partial charge is 0.216 e. The Morgan fingerprint density at radius 1 is 1.48 bits per heavy atom. The van der Waals surface area contributed by atoms with E-state index in [1.54, 1.807) is 6.20 Å². The molecule has 0 saturated carbocycles. The Labute approximate surface area is 132 Å². The van der Waals surface area contributed by atoms with Gasteiger partial charge in [0.2, 0.25) is 5.91 Å². The Hall–Kier alpha value is -1.79. The van der Waals surface area contributed by atoms with Crippen LogP contribution < -0.4 is 15.4 Å². The van der Waals surface area contributed by atoms with Gasteiger partial charge in [-0.05, 0) is 12.1 Å². The molecule has 0 aliphatic rings. The molecule has 1 aromatic carbocycles. The number of nitrogens with one attached hydrogen (secondary N) is 2. The maximum absolute atomic E-state index is 10.7. The van der Waals surface area contributed by atoms with Gasteiger partial charge in [0, 0.05) is 29.8 Å². The highest BCUT2D eigenvalue weighted by Crippen LogP contribution is 2.21. The van der Waals surface area contributed by atoms with Crippen LogP contribution in [-0.4, -0.2) is 24.0 Å². The van der Waals surface area contributed by atoms with E-state index in [0.29, 0.717) is 24.2 Å². The quantitative estimate of drug-likeness (QED) is 0.768. The third kappa shape index (κ3) is 5.61. The zero-order chi connectivity index (χ0) is 15.1. The third-order valence-corrected chi connectivity index (χ3v) is 3.69. The Bertz CT molecular complexity index is 603. The number of hydrogen-bond donors (Lipinski definition) is 2. The molecule has 0 bridgehead atoms. The van der Waals surface area contributed by atoms with Crippen molar-refractivity contribution in [2.45, 2.75) is 13.5 Å². The fourth-order valence-corrected chi connectivity index (χ4v) is 2.56. The highest BCUT2D eigenvalue weighted by molar-refractivity contribution is 7.15. The van der Waals surface area contributed by atoms with Crippen LogP contribution in [0, 0.1) is 0 Å². The maximum atomic E-state index is 10.7. The molecule has 0 atom stereocenters. The predicted octanol–water partition coefficient (Wildman–Crippen LogP) is 2.92. The summed E-state index contributed by atoms with van der Waals surface area (Å²) < 4.78 is 6.11. The number of carbonyl (C=O) groups excluding carboxylic acids is 1. The summed E-state index contributed by atoms with van der Waals surface area (Å²) >= 11 is 7.24. The summed E-state index contributed by atoms with van der Waals surface area (Å²) in [6.45, 7) is 3.08. The molecule has 0 aliphatic carbocycles. The van der Waals surface area contributed by atoms with Crippen molar-refractivity contribution in [2.24, 2.45) is 0 Å². The molecule has 112 valence electrons. The topological polar surface area (TPSA) is 63.2 Å². The fraction of sp³-hybridized carbons (Fsp3) is 0.286. The van der Waals surface area contributed by atoms with E-state index in [-0.39, 0.29) is 5.91 Å². The molecule has 7 heteroatoms. The lowest BCUT2D eigenvalue weighted by Gasteiger charge is -2.09. The average Bonchev–Trinajstić information content (AvgIpc) is 2.87. The molecule has 0 spiro atoms. The summed E-state index contributed by atoms with van der Waals surface area (Å²) in [5.74, 6) is 0.699. The molecule has 2 rings (SSSR count). The van der Waals surface area contributed by atoms with Crippen LogP contribution in [0.4, 0.5) is 5.69 Å².